The first kappa shape index (κ1) is 20.6. The van der Waals surface area contributed by atoms with Gasteiger partial charge in [0.05, 0.1) is 17.6 Å². The van der Waals surface area contributed by atoms with E-state index in [2.05, 4.69) is 35.6 Å². The van der Waals surface area contributed by atoms with E-state index in [1.54, 1.807) is 31.6 Å². The van der Waals surface area contributed by atoms with E-state index < -0.39 is 5.60 Å². The van der Waals surface area contributed by atoms with Crippen LogP contribution in [0, 0.1) is 6.92 Å². The van der Waals surface area contributed by atoms with Crippen LogP contribution in [0.2, 0.25) is 0 Å². The number of aryl methyl sites for hydroxylation is 1. The van der Waals surface area contributed by atoms with E-state index in [1.807, 2.05) is 31.2 Å². The number of likely N-dealkylation sites (N-methyl/N-ethyl adjacent to an activating group) is 1. The number of nitrogens with zero attached hydrogens (tertiary/aromatic N) is 8. The average molecular weight is 443 g/mol. The van der Waals surface area contributed by atoms with Crippen LogP contribution in [-0.4, -0.2) is 64.4 Å². The quantitative estimate of drug-likeness (QED) is 0.472. The van der Waals surface area contributed by atoms with Crippen LogP contribution in [-0.2, 0) is 10.4 Å². The largest absolute Gasteiger partial charge is 0.374 e. The molecule has 2 N–H and O–H groups in total. The van der Waals surface area contributed by atoms with Crippen molar-refractivity contribution < 1.29 is 9.90 Å². The molecule has 1 saturated heterocycles. The van der Waals surface area contributed by atoms with Crippen LogP contribution in [0.5, 0.6) is 0 Å². The van der Waals surface area contributed by atoms with Crippen molar-refractivity contribution >= 4 is 17.5 Å². The van der Waals surface area contributed by atoms with Crippen molar-refractivity contribution in [1.29, 1.82) is 0 Å². The summed E-state index contributed by atoms with van der Waals surface area (Å²) in [5, 5.41) is 22.1. The van der Waals surface area contributed by atoms with Crippen molar-refractivity contribution in [2.75, 3.05) is 18.9 Å². The molecule has 5 heterocycles. The number of anilines is 2. The first-order valence-corrected chi connectivity index (χ1v) is 10.3. The number of rotatable bonds is 5. The van der Waals surface area contributed by atoms with Crippen molar-refractivity contribution in [1.82, 2.24) is 39.8 Å². The fourth-order valence-corrected chi connectivity index (χ4v) is 3.66. The number of nitrogens with one attached hydrogen (secondary N) is 1. The van der Waals surface area contributed by atoms with Gasteiger partial charge in [-0.1, -0.05) is 11.3 Å². The second-order valence-electron chi connectivity index (χ2n) is 7.84. The summed E-state index contributed by atoms with van der Waals surface area (Å²) in [5.74, 6) is 0.521. The highest BCUT2D eigenvalue weighted by Gasteiger charge is 2.47. The number of likely N-dealkylation sites (tertiary alicyclic amines) is 1. The summed E-state index contributed by atoms with van der Waals surface area (Å²) in [6.07, 6.45) is 5.16. The molecule has 166 valence electrons. The SMILES string of the molecule is Cc1cc(Nc2nccc(-c3cccc(-n4cc(C5(O)CCN(C)C5=O)nn4)n3)n2)ccn1. The molecule has 4 aromatic rings. The lowest BCUT2D eigenvalue weighted by molar-refractivity contribution is -0.143. The van der Waals surface area contributed by atoms with Gasteiger partial charge < -0.3 is 15.3 Å². The van der Waals surface area contributed by atoms with Gasteiger partial charge in [-0.25, -0.2) is 19.6 Å². The summed E-state index contributed by atoms with van der Waals surface area (Å²) in [6.45, 7) is 2.37. The summed E-state index contributed by atoms with van der Waals surface area (Å²) in [6, 6.07) is 10.9. The minimum absolute atomic E-state index is 0.199. The Morgan fingerprint density at radius 2 is 1.91 bits per heavy atom. The number of carbonyl (C=O) groups is 1. The maximum Gasteiger partial charge on any atom is 0.260 e. The second-order valence-corrected chi connectivity index (χ2v) is 7.84. The molecule has 0 saturated carbocycles. The third-order valence-electron chi connectivity index (χ3n) is 5.47. The third-order valence-corrected chi connectivity index (χ3v) is 5.47. The van der Waals surface area contributed by atoms with Gasteiger partial charge in [0.25, 0.3) is 5.91 Å². The van der Waals surface area contributed by atoms with Gasteiger partial charge in [0.1, 0.15) is 5.69 Å². The highest BCUT2D eigenvalue weighted by Crippen LogP contribution is 2.31. The van der Waals surface area contributed by atoms with E-state index >= 15 is 0 Å². The number of amides is 1. The molecule has 1 atom stereocenters. The molecule has 1 fully saturated rings. The van der Waals surface area contributed by atoms with E-state index in [-0.39, 0.29) is 18.0 Å². The topological polar surface area (TPSA) is 135 Å². The summed E-state index contributed by atoms with van der Waals surface area (Å²) < 4.78 is 1.43. The number of hydrogen-bond donors (Lipinski definition) is 2. The molecule has 1 aliphatic heterocycles. The van der Waals surface area contributed by atoms with Crippen LogP contribution in [0.25, 0.3) is 17.2 Å². The molecule has 0 spiro atoms. The summed E-state index contributed by atoms with van der Waals surface area (Å²) in [4.78, 5) is 31.5. The Morgan fingerprint density at radius 3 is 2.70 bits per heavy atom. The minimum Gasteiger partial charge on any atom is -0.374 e. The third kappa shape index (κ3) is 3.89. The predicted molar refractivity (Wildman–Crippen MR) is 119 cm³/mol. The van der Waals surface area contributed by atoms with E-state index in [0.717, 1.165) is 11.4 Å². The Labute approximate surface area is 189 Å². The molecule has 33 heavy (non-hydrogen) atoms. The van der Waals surface area contributed by atoms with E-state index in [4.69, 9.17) is 0 Å². The lowest BCUT2D eigenvalue weighted by Gasteiger charge is -2.17. The molecule has 0 aliphatic carbocycles. The van der Waals surface area contributed by atoms with Gasteiger partial charge in [-0.3, -0.25) is 9.78 Å². The summed E-state index contributed by atoms with van der Waals surface area (Å²) >= 11 is 0. The number of carbonyl (C=O) groups excluding carboxylic acids is 1. The number of aromatic nitrogens is 7. The highest BCUT2D eigenvalue weighted by molar-refractivity contribution is 5.87. The van der Waals surface area contributed by atoms with E-state index in [9.17, 15) is 9.90 Å². The van der Waals surface area contributed by atoms with E-state index in [1.165, 1.54) is 15.8 Å². The molecular weight excluding hydrogens is 422 g/mol. The monoisotopic (exact) mass is 443 g/mol. The molecule has 0 radical (unpaired) electrons. The fraction of sp³-hybridized carbons (Fsp3) is 0.227. The molecule has 11 heteroatoms. The zero-order chi connectivity index (χ0) is 23.0. The Morgan fingerprint density at radius 1 is 1.09 bits per heavy atom. The first-order chi connectivity index (χ1) is 15.9. The molecule has 5 rings (SSSR count). The lowest BCUT2D eigenvalue weighted by Crippen LogP contribution is -2.36. The van der Waals surface area contributed by atoms with E-state index in [0.29, 0.717) is 29.7 Å². The number of pyridine rings is 2. The molecule has 4 aromatic heterocycles. The zero-order valence-corrected chi connectivity index (χ0v) is 18.0. The van der Waals surface area contributed by atoms with Crippen LogP contribution >= 0.6 is 0 Å². The van der Waals surface area contributed by atoms with Gasteiger partial charge in [0, 0.05) is 43.8 Å². The van der Waals surface area contributed by atoms with Crippen LogP contribution in [0.4, 0.5) is 11.6 Å². The van der Waals surface area contributed by atoms with Crippen LogP contribution in [0.15, 0.2) is 55.0 Å². The Bertz CT molecular complexity index is 1340. The van der Waals surface area contributed by atoms with Crippen LogP contribution in [0.1, 0.15) is 17.8 Å². The number of aliphatic hydroxyl groups is 1. The summed E-state index contributed by atoms with van der Waals surface area (Å²) in [7, 11) is 1.65. The van der Waals surface area contributed by atoms with Crippen LogP contribution in [0.3, 0.4) is 0 Å². The second kappa shape index (κ2) is 8.02. The van der Waals surface area contributed by atoms with Gasteiger partial charge in [-0.05, 0) is 37.3 Å². The molecule has 11 nitrogen and oxygen atoms in total. The maximum atomic E-state index is 12.4. The molecule has 0 bridgehead atoms. The summed E-state index contributed by atoms with van der Waals surface area (Å²) in [5.41, 5.74) is 1.48. The lowest BCUT2D eigenvalue weighted by atomic mass is 9.99. The normalized spacial score (nSPS) is 18.0. The average Bonchev–Trinajstić information content (AvgIpc) is 3.42. The highest BCUT2D eigenvalue weighted by atomic mass is 16.3. The van der Waals surface area contributed by atoms with Crippen molar-refractivity contribution in [3.05, 3.63) is 66.4 Å². The van der Waals surface area contributed by atoms with Gasteiger partial charge >= 0.3 is 0 Å². The standard InChI is InChI=1S/C22H21N9O2/c1-14-12-15(6-9-23-14)25-21-24-10-7-17(27-21)16-4-3-5-19(26-16)31-13-18(28-29-31)22(33)8-11-30(2)20(22)32/h3-7,9-10,12-13,33H,8,11H2,1-2H3,(H,23,24,25,27). The van der Waals surface area contributed by atoms with Gasteiger partial charge in [-0.2, -0.15) is 0 Å². The molecule has 0 aromatic carbocycles. The molecule has 1 amide bonds. The molecule has 1 aliphatic rings. The molecule has 1 unspecified atom stereocenters. The van der Waals surface area contributed by atoms with Crippen LogP contribution < -0.4 is 5.32 Å². The number of hydrogen-bond acceptors (Lipinski definition) is 9. The van der Waals surface area contributed by atoms with Gasteiger partial charge in [0.2, 0.25) is 5.95 Å². The van der Waals surface area contributed by atoms with Gasteiger partial charge in [0.15, 0.2) is 11.4 Å². The van der Waals surface area contributed by atoms with Gasteiger partial charge in [-0.15, -0.1) is 5.10 Å². The van der Waals surface area contributed by atoms with Crippen molar-refractivity contribution in [3.63, 3.8) is 0 Å². The first-order valence-electron chi connectivity index (χ1n) is 10.3. The minimum atomic E-state index is -1.66. The zero-order valence-electron chi connectivity index (χ0n) is 18.0. The Kier molecular flexibility index (Phi) is 5.02. The molecular formula is C22H21N9O2. The Hall–Kier alpha value is -4.25. The van der Waals surface area contributed by atoms with Crippen molar-refractivity contribution in [2.45, 2.75) is 18.9 Å². The Balaban J connectivity index is 1.42. The fourth-order valence-electron chi connectivity index (χ4n) is 3.66. The van der Waals surface area contributed by atoms with Crippen molar-refractivity contribution in [2.24, 2.45) is 0 Å². The smallest absolute Gasteiger partial charge is 0.260 e. The van der Waals surface area contributed by atoms with Crippen molar-refractivity contribution in [3.8, 4) is 17.2 Å². The maximum absolute atomic E-state index is 12.4. The predicted octanol–water partition coefficient (Wildman–Crippen LogP) is 1.62.